The van der Waals surface area contributed by atoms with Crippen LogP contribution in [-0.4, -0.2) is 32.3 Å². The summed E-state index contributed by atoms with van der Waals surface area (Å²) in [6.45, 7) is 1.86. The fraction of sp³-hybridized carbons (Fsp3) is 0.259. The molecule has 0 heterocycles. The molecule has 0 aromatic heterocycles. The second-order valence-corrected chi connectivity index (χ2v) is 10.7. The van der Waals surface area contributed by atoms with Crippen LogP contribution in [0.5, 0.6) is 0 Å². The van der Waals surface area contributed by atoms with Gasteiger partial charge in [-0.3, -0.25) is 9.59 Å². The van der Waals surface area contributed by atoms with Gasteiger partial charge in [-0.05, 0) is 79.8 Å². The first kappa shape index (κ1) is 25.5. The van der Waals surface area contributed by atoms with Crippen molar-refractivity contribution in [3.8, 4) is 0 Å². The molecule has 9 heteroatoms. The Balaban J connectivity index is 1.46. The summed E-state index contributed by atoms with van der Waals surface area (Å²) in [5.41, 5.74) is 1.46. The van der Waals surface area contributed by atoms with E-state index in [1.807, 2.05) is 37.3 Å². The number of amides is 2. The lowest BCUT2D eigenvalue weighted by Crippen LogP contribution is -2.45. The van der Waals surface area contributed by atoms with Crippen molar-refractivity contribution < 1.29 is 22.4 Å². The SMILES string of the molecule is C[C@H](NS(=O)(=O)c1ccc(NC(=O)C(Cc2ccccc2)NC(=O)c2ccc(F)cc2)cc1)C1CC1. The van der Waals surface area contributed by atoms with E-state index in [-0.39, 0.29) is 22.9 Å². The Kier molecular flexibility index (Phi) is 7.81. The first-order valence-corrected chi connectivity index (χ1v) is 13.2. The molecule has 0 bridgehead atoms. The molecule has 7 nitrogen and oxygen atoms in total. The Bertz CT molecular complexity index is 1310. The smallest absolute Gasteiger partial charge is 0.251 e. The standard InChI is InChI=1S/C27H28FN3O4S/c1-18(20-7-8-20)31-36(34,35)24-15-13-23(14-16-24)29-27(33)25(17-19-5-3-2-4-6-19)30-26(32)21-9-11-22(28)12-10-21/h2-6,9-16,18,20,25,31H,7-8,17H2,1H3,(H,29,33)(H,30,32)/t18-,25?/m0/s1. The second-order valence-electron chi connectivity index (χ2n) is 8.98. The normalized spacial score (nSPS) is 15.1. The molecule has 0 aliphatic heterocycles. The van der Waals surface area contributed by atoms with Crippen LogP contribution in [0.25, 0.3) is 0 Å². The highest BCUT2D eigenvalue weighted by Crippen LogP contribution is 2.33. The highest BCUT2D eigenvalue weighted by molar-refractivity contribution is 7.89. The third-order valence-electron chi connectivity index (χ3n) is 6.11. The van der Waals surface area contributed by atoms with Crippen molar-refractivity contribution in [2.45, 2.75) is 43.2 Å². The number of halogens is 1. The molecule has 2 atom stereocenters. The monoisotopic (exact) mass is 509 g/mol. The number of rotatable bonds is 10. The van der Waals surface area contributed by atoms with Gasteiger partial charge in [-0.1, -0.05) is 30.3 Å². The first-order chi connectivity index (χ1) is 17.2. The average Bonchev–Trinajstić information content (AvgIpc) is 3.70. The minimum absolute atomic E-state index is 0.110. The van der Waals surface area contributed by atoms with Gasteiger partial charge in [-0.15, -0.1) is 0 Å². The number of hydrogen-bond acceptors (Lipinski definition) is 4. The number of carbonyl (C=O) groups excluding carboxylic acids is 2. The summed E-state index contributed by atoms with van der Waals surface area (Å²) in [5.74, 6) is -1.06. The molecule has 0 radical (unpaired) electrons. The Morgan fingerprint density at radius 1 is 0.944 bits per heavy atom. The Labute approximate surface area is 210 Å². The summed E-state index contributed by atoms with van der Waals surface area (Å²) in [6, 6.07) is 19.1. The van der Waals surface area contributed by atoms with Gasteiger partial charge in [0.2, 0.25) is 15.9 Å². The van der Waals surface area contributed by atoms with Gasteiger partial charge in [0.15, 0.2) is 0 Å². The molecule has 2 amide bonds. The van der Waals surface area contributed by atoms with E-state index in [9.17, 15) is 22.4 Å². The van der Waals surface area contributed by atoms with E-state index in [2.05, 4.69) is 15.4 Å². The molecule has 4 rings (SSSR count). The van der Waals surface area contributed by atoms with Gasteiger partial charge >= 0.3 is 0 Å². The van der Waals surface area contributed by atoms with Gasteiger partial charge in [-0.2, -0.15) is 0 Å². The molecule has 3 aromatic carbocycles. The van der Waals surface area contributed by atoms with Crippen LogP contribution in [0.15, 0.2) is 83.8 Å². The highest BCUT2D eigenvalue weighted by atomic mass is 32.2. The molecule has 36 heavy (non-hydrogen) atoms. The molecule has 1 fully saturated rings. The van der Waals surface area contributed by atoms with Gasteiger partial charge in [0.05, 0.1) is 4.90 Å². The molecule has 1 saturated carbocycles. The van der Waals surface area contributed by atoms with Crippen molar-refractivity contribution in [1.82, 2.24) is 10.0 Å². The topological polar surface area (TPSA) is 104 Å². The zero-order chi connectivity index (χ0) is 25.7. The minimum Gasteiger partial charge on any atom is -0.340 e. The second kappa shape index (κ2) is 11.0. The Morgan fingerprint density at radius 2 is 1.58 bits per heavy atom. The predicted molar refractivity (Wildman–Crippen MR) is 135 cm³/mol. The largest absolute Gasteiger partial charge is 0.340 e. The third-order valence-corrected chi connectivity index (χ3v) is 7.69. The lowest BCUT2D eigenvalue weighted by atomic mass is 10.0. The van der Waals surface area contributed by atoms with Gasteiger partial charge < -0.3 is 10.6 Å². The zero-order valence-corrected chi connectivity index (χ0v) is 20.6. The number of benzene rings is 3. The molecule has 0 spiro atoms. The Morgan fingerprint density at radius 3 is 2.19 bits per heavy atom. The molecule has 1 aliphatic rings. The van der Waals surface area contributed by atoms with Crippen molar-refractivity contribution in [2.24, 2.45) is 5.92 Å². The van der Waals surface area contributed by atoms with Crippen LogP contribution < -0.4 is 15.4 Å². The molecule has 188 valence electrons. The summed E-state index contributed by atoms with van der Waals surface area (Å²) >= 11 is 0. The minimum atomic E-state index is -3.66. The number of carbonyl (C=O) groups is 2. The van der Waals surface area contributed by atoms with Crippen LogP contribution in [0.3, 0.4) is 0 Å². The lowest BCUT2D eigenvalue weighted by Gasteiger charge is -2.19. The fourth-order valence-corrected chi connectivity index (χ4v) is 5.17. The molecule has 1 aliphatic carbocycles. The van der Waals surface area contributed by atoms with Crippen molar-refractivity contribution in [3.05, 3.63) is 95.8 Å². The molecule has 1 unspecified atom stereocenters. The predicted octanol–water partition coefficient (Wildman–Crippen LogP) is 3.88. The van der Waals surface area contributed by atoms with Gasteiger partial charge in [-0.25, -0.2) is 17.5 Å². The lowest BCUT2D eigenvalue weighted by molar-refractivity contribution is -0.118. The number of anilines is 1. The number of nitrogens with one attached hydrogen (secondary N) is 3. The van der Waals surface area contributed by atoms with Crippen LogP contribution in [-0.2, 0) is 21.2 Å². The van der Waals surface area contributed by atoms with E-state index < -0.39 is 33.7 Å². The molecule has 3 N–H and O–H groups in total. The third kappa shape index (κ3) is 6.77. The van der Waals surface area contributed by atoms with Gasteiger partial charge in [0.1, 0.15) is 11.9 Å². The summed E-state index contributed by atoms with van der Waals surface area (Å²) < 4.78 is 41.2. The van der Waals surface area contributed by atoms with Crippen LogP contribution in [0.1, 0.15) is 35.7 Å². The van der Waals surface area contributed by atoms with Crippen LogP contribution in [0.4, 0.5) is 10.1 Å². The fourth-order valence-electron chi connectivity index (χ4n) is 3.85. The van der Waals surface area contributed by atoms with E-state index in [1.165, 1.54) is 48.5 Å². The molecule has 0 saturated heterocycles. The van der Waals surface area contributed by atoms with Crippen molar-refractivity contribution >= 4 is 27.5 Å². The maximum Gasteiger partial charge on any atom is 0.251 e. The van der Waals surface area contributed by atoms with Crippen LogP contribution >= 0.6 is 0 Å². The van der Waals surface area contributed by atoms with E-state index in [4.69, 9.17) is 0 Å². The zero-order valence-electron chi connectivity index (χ0n) is 19.8. The highest BCUT2D eigenvalue weighted by Gasteiger charge is 2.31. The summed E-state index contributed by atoms with van der Waals surface area (Å²) in [6.07, 6.45) is 2.28. The number of sulfonamides is 1. The maximum atomic E-state index is 13.2. The molecular weight excluding hydrogens is 481 g/mol. The van der Waals surface area contributed by atoms with Gasteiger partial charge in [0, 0.05) is 23.7 Å². The van der Waals surface area contributed by atoms with Crippen molar-refractivity contribution in [3.63, 3.8) is 0 Å². The van der Waals surface area contributed by atoms with Crippen LogP contribution in [0.2, 0.25) is 0 Å². The Hall–Kier alpha value is -3.56. The average molecular weight is 510 g/mol. The molecular formula is C27H28FN3O4S. The summed E-state index contributed by atoms with van der Waals surface area (Å²) in [4.78, 5) is 26.0. The van der Waals surface area contributed by atoms with Crippen LogP contribution in [0, 0.1) is 11.7 Å². The quantitative estimate of drug-likeness (QED) is 0.386. The van der Waals surface area contributed by atoms with Crippen molar-refractivity contribution in [1.29, 1.82) is 0 Å². The molecule has 3 aromatic rings. The van der Waals surface area contributed by atoms with E-state index in [0.717, 1.165) is 18.4 Å². The number of hydrogen-bond donors (Lipinski definition) is 3. The van der Waals surface area contributed by atoms with E-state index >= 15 is 0 Å². The van der Waals surface area contributed by atoms with Gasteiger partial charge in [0.25, 0.3) is 5.91 Å². The van der Waals surface area contributed by atoms with E-state index in [1.54, 1.807) is 0 Å². The summed E-state index contributed by atoms with van der Waals surface area (Å²) in [5, 5.41) is 5.46. The summed E-state index contributed by atoms with van der Waals surface area (Å²) in [7, 11) is -3.66. The first-order valence-electron chi connectivity index (χ1n) is 11.7. The van der Waals surface area contributed by atoms with E-state index in [0.29, 0.717) is 11.6 Å². The van der Waals surface area contributed by atoms with Crippen molar-refractivity contribution in [2.75, 3.05) is 5.32 Å². The maximum absolute atomic E-state index is 13.2.